The summed E-state index contributed by atoms with van der Waals surface area (Å²) in [4.78, 5) is 26.6. The number of esters is 1. The molecule has 0 bridgehead atoms. The molecule has 2 heterocycles. The number of rotatable bonds is 9. The maximum Gasteiger partial charge on any atom is 0.340 e. The van der Waals surface area contributed by atoms with Gasteiger partial charge in [-0.1, -0.05) is 63.6 Å². The molecule has 0 saturated heterocycles. The molecule has 0 saturated carbocycles. The number of Topliss-reactive ketones (excluding diaryl/α,β-unsaturated/α-hetero) is 1. The molecule has 2 aliphatic rings. The molecule has 186 valence electrons. The minimum Gasteiger partial charge on any atom is -0.508 e. The molecule has 0 amide bonds. The topological polar surface area (TPSA) is 93.1 Å². The van der Waals surface area contributed by atoms with Gasteiger partial charge in [-0.25, -0.2) is 4.79 Å². The number of ether oxygens (including phenoxy) is 2. The summed E-state index contributed by atoms with van der Waals surface area (Å²) in [7, 11) is 0. The van der Waals surface area contributed by atoms with Crippen LogP contribution in [0, 0.1) is 0 Å². The molecule has 0 unspecified atom stereocenters. The standard InChI is InChI=1S/C30H30O6/c1-2-3-4-5-6-7-8-12-25(33)21-10-9-11-24-28(21)29(34)36-30(24)22-15-13-19(31)17-26(22)35-27-18-20(32)14-16-23(27)30/h9-11,13-18,31-32H,2-8,12H2,1H3. The first-order valence-electron chi connectivity index (χ1n) is 12.7. The number of ketones is 1. The maximum absolute atomic E-state index is 13.4. The molecular formula is C30H30O6. The number of unbranched alkanes of at least 4 members (excludes halogenated alkanes) is 6. The molecule has 0 fully saturated rings. The highest BCUT2D eigenvalue weighted by atomic mass is 16.6. The molecule has 1 spiro atoms. The second kappa shape index (κ2) is 9.69. The lowest BCUT2D eigenvalue weighted by Crippen LogP contribution is -2.32. The summed E-state index contributed by atoms with van der Waals surface area (Å²) in [5, 5.41) is 20.1. The zero-order valence-electron chi connectivity index (χ0n) is 20.4. The van der Waals surface area contributed by atoms with Crippen LogP contribution in [0.2, 0.25) is 0 Å². The van der Waals surface area contributed by atoms with E-state index in [1.807, 2.05) is 0 Å². The van der Waals surface area contributed by atoms with Crippen LogP contribution in [0.25, 0.3) is 0 Å². The third-order valence-electron chi connectivity index (χ3n) is 7.11. The van der Waals surface area contributed by atoms with Crippen molar-refractivity contribution in [2.45, 2.75) is 63.9 Å². The lowest BCUT2D eigenvalue weighted by atomic mass is 9.76. The van der Waals surface area contributed by atoms with E-state index >= 15 is 0 Å². The van der Waals surface area contributed by atoms with E-state index < -0.39 is 11.6 Å². The van der Waals surface area contributed by atoms with Gasteiger partial charge in [0.15, 0.2) is 11.4 Å². The fraction of sp³-hybridized carbons (Fsp3) is 0.333. The Hall–Kier alpha value is -3.80. The fourth-order valence-electron chi connectivity index (χ4n) is 5.36. The zero-order chi connectivity index (χ0) is 25.3. The van der Waals surface area contributed by atoms with Crippen molar-refractivity contribution < 1.29 is 29.3 Å². The highest BCUT2D eigenvalue weighted by Gasteiger charge is 2.54. The summed E-state index contributed by atoms with van der Waals surface area (Å²) in [5.74, 6) is -0.0276. The van der Waals surface area contributed by atoms with Crippen LogP contribution < -0.4 is 4.74 Å². The smallest absolute Gasteiger partial charge is 0.340 e. The van der Waals surface area contributed by atoms with Gasteiger partial charge >= 0.3 is 5.97 Å². The van der Waals surface area contributed by atoms with Crippen molar-refractivity contribution in [2.75, 3.05) is 0 Å². The van der Waals surface area contributed by atoms with Gasteiger partial charge in [-0.15, -0.1) is 0 Å². The van der Waals surface area contributed by atoms with Crippen molar-refractivity contribution in [1.82, 2.24) is 0 Å². The number of fused-ring (bicyclic) bond motifs is 6. The van der Waals surface area contributed by atoms with Gasteiger partial charge in [0.1, 0.15) is 23.0 Å². The summed E-state index contributed by atoms with van der Waals surface area (Å²) >= 11 is 0. The van der Waals surface area contributed by atoms with E-state index in [9.17, 15) is 19.8 Å². The minimum absolute atomic E-state index is 0.00401. The molecule has 3 aromatic rings. The van der Waals surface area contributed by atoms with E-state index in [1.165, 1.54) is 49.9 Å². The van der Waals surface area contributed by atoms with Crippen LogP contribution >= 0.6 is 0 Å². The van der Waals surface area contributed by atoms with Crippen molar-refractivity contribution >= 4 is 11.8 Å². The average molecular weight is 487 g/mol. The molecular weight excluding hydrogens is 456 g/mol. The quantitative estimate of drug-likeness (QED) is 0.192. The average Bonchev–Trinajstić information content (AvgIpc) is 3.16. The number of hydrogen-bond donors (Lipinski definition) is 2. The number of hydrogen-bond acceptors (Lipinski definition) is 6. The predicted octanol–water partition coefficient (Wildman–Crippen LogP) is 6.99. The Morgan fingerprint density at radius 2 is 1.42 bits per heavy atom. The number of carbonyl (C=O) groups excluding carboxylic acids is 2. The summed E-state index contributed by atoms with van der Waals surface area (Å²) in [6.45, 7) is 2.19. The summed E-state index contributed by atoms with van der Waals surface area (Å²) in [6, 6.07) is 14.5. The lowest BCUT2D eigenvalue weighted by Gasteiger charge is -2.36. The van der Waals surface area contributed by atoms with Gasteiger partial charge < -0.3 is 19.7 Å². The van der Waals surface area contributed by atoms with Crippen molar-refractivity contribution in [2.24, 2.45) is 0 Å². The van der Waals surface area contributed by atoms with Crippen molar-refractivity contribution in [3.05, 3.63) is 82.4 Å². The summed E-state index contributed by atoms with van der Waals surface area (Å²) < 4.78 is 12.1. The van der Waals surface area contributed by atoms with E-state index in [-0.39, 0.29) is 22.8 Å². The largest absolute Gasteiger partial charge is 0.508 e. The second-order valence-electron chi connectivity index (χ2n) is 9.56. The van der Waals surface area contributed by atoms with Crippen LogP contribution in [0.4, 0.5) is 0 Å². The molecule has 3 aromatic carbocycles. The Morgan fingerprint density at radius 1 is 0.806 bits per heavy atom. The van der Waals surface area contributed by atoms with Gasteiger partial charge in [0.2, 0.25) is 0 Å². The number of phenols is 2. The van der Waals surface area contributed by atoms with Gasteiger partial charge in [-0.2, -0.15) is 0 Å². The second-order valence-corrected chi connectivity index (χ2v) is 9.56. The van der Waals surface area contributed by atoms with Gasteiger partial charge in [-0.3, -0.25) is 4.79 Å². The Balaban J connectivity index is 1.51. The molecule has 36 heavy (non-hydrogen) atoms. The molecule has 0 radical (unpaired) electrons. The fourth-order valence-corrected chi connectivity index (χ4v) is 5.36. The molecule has 0 aliphatic carbocycles. The first-order chi connectivity index (χ1) is 17.5. The van der Waals surface area contributed by atoms with Crippen LogP contribution in [0.1, 0.15) is 95.7 Å². The monoisotopic (exact) mass is 486 g/mol. The van der Waals surface area contributed by atoms with Crippen LogP contribution in [0.15, 0.2) is 54.6 Å². The number of phenolic OH excluding ortho intramolecular Hbond substituents is 2. The van der Waals surface area contributed by atoms with E-state index in [4.69, 9.17) is 9.47 Å². The van der Waals surface area contributed by atoms with E-state index in [2.05, 4.69) is 6.92 Å². The molecule has 5 rings (SSSR count). The lowest BCUT2D eigenvalue weighted by molar-refractivity contribution is 0.0223. The minimum atomic E-state index is -1.35. The zero-order valence-corrected chi connectivity index (χ0v) is 20.4. The van der Waals surface area contributed by atoms with Gasteiger partial charge in [0.05, 0.1) is 5.56 Å². The molecule has 2 aliphatic heterocycles. The number of benzene rings is 3. The summed E-state index contributed by atoms with van der Waals surface area (Å²) in [5.41, 5.74) is 0.925. The highest BCUT2D eigenvalue weighted by Crippen LogP contribution is 2.57. The van der Waals surface area contributed by atoms with Crippen LogP contribution in [-0.4, -0.2) is 22.0 Å². The molecule has 6 nitrogen and oxygen atoms in total. The SMILES string of the molecule is CCCCCCCCCC(=O)c1cccc2c1C(=O)OC21c2ccc(O)cc2Oc2cc(O)ccc21. The molecule has 2 N–H and O–H groups in total. The van der Waals surface area contributed by atoms with Gasteiger partial charge in [0.25, 0.3) is 0 Å². The Bertz CT molecular complexity index is 1270. The Morgan fingerprint density at radius 3 is 2.06 bits per heavy atom. The maximum atomic E-state index is 13.4. The van der Waals surface area contributed by atoms with Crippen LogP contribution in [0.5, 0.6) is 23.0 Å². The highest BCUT2D eigenvalue weighted by molar-refractivity contribution is 6.09. The summed E-state index contributed by atoms with van der Waals surface area (Å²) in [6.07, 6.45) is 8.13. The van der Waals surface area contributed by atoms with E-state index in [1.54, 1.807) is 30.3 Å². The van der Waals surface area contributed by atoms with E-state index in [0.717, 1.165) is 19.3 Å². The van der Waals surface area contributed by atoms with Crippen molar-refractivity contribution in [1.29, 1.82) is 0 Å². The van der Waals surface area contributed by atoms with Gasteiger partial charge in [-0.05, 0) is 30.7 Å². The predicted molar refractivity (Wildman–Crippen MR) is 135 cm³/mol. The molecule has 6 heteroatoms. The van der Waals surface area contributed by atoms with Crippen LogP contribution in [-0.2, 0) is 10.3 Å². The normalized spacial score (nSPS) is 14.5. The van der Waals surface area contributed by atoms with Crippen molar-refractivity contribution in [3.63, 3.8) is 0 Å². The number of carbonyl (C=O) groups is 2. The third-order valence-corrected chi connectivity index (χ3v) is 7.11. The first kappa shape index (κ1) is 23.9. The Labute approximate surface area is 210 Å². The molecule has 0 aromatic heterocycles. The van der Waals surface area contributed by atoms with Gasteiger partial charge in [0, 0.05) is 40.8 Å². The van der Waals surface area contributed by atoms with Crippen molar-refractivity contribution in [3.8, 4) is 23.0 Å². The first-order valence-corrected chi connectivity index (χ1v) is 12.7. The molecule has 0 atom stereocenters. The Kier molecular flexibility index (Phi) is 6.44. The number of aromatic hydroxyl groups is 2. The van der Waals surface area contributed by atoms with Crippen LogP contribution in [0.3, 0.4) is 0 Å². The van der Waals surface area contributed by atoms with E-state index in [0.29, 0.717) is 40.2 Å². The third kappa shape index (κ3) is 4.00.